The second kappa shape index (κ2) is 11.0. The molecule has 2 aromatic carbocycles. The van der Waals surface area contributed by atoms with E-state index in [1.807, 2.05) is 49.4 Å². The predicted molar refractivity (Wildman–Crippen MR) is 118 cm³/mol. The van der Waals surface area contributed by atoms with Crippen molar-refractivity contribution in [2.75, 3.05) is 6.61 Å². The summed E-state index contributed by atoms with van der Waals surface area (Å²) in [5.74, 6) is 1.03. The van der Waals surface area contributed by atoms with Gasteiger partial charge in [-0.3, -0.25) is 9.78 Å². The summed E-state index contributed by atoms with van der Waals surface area (Å²) >= 11 is 0. The van der Waals surface area contributed by atoms with Crippen molar-refractivity contribution < 1.29 is 14.3 Å². The quantitative estimate of drug-likeness (QED) is 0.496. The van der Waals surface area contributed by atoms with Crippen LogP contribution in [-0.4, -0.2) is 17.5 Å². The van der Waals surface area contributed by atoms with Gasteiger partial charge in [-0.05, 0) is 43.2 Å². The Hall–Kier alpha value is -3.34. The zero-order valence-corrected chi connectivity index (χ0v) is 17.5. The van der Waals surface area contributed by atoms with Gasteiger partial charge in [-0.2, -0.15) is 0 Å². The number of amides is 1. The van der Waals surface area contributed by atoms with E-state index in [4.69, 9.17) is 9.47 Å². The maximum atomic E-state index is 12.9. The smallest absolute Gasteiger partial charge is 0.251 e. The lowest BCUT2D eigenvalue weighted by Crippen LogP contribution is -2.28. The first-order chi connectivity index (χ1) is 14.7. The second-order valence-electron chi connectivity index (χ2n) is 6.97. The molecule has 1 aromatic heterocycles. The van der Waals surface area contributed by atoms with Gasteiger partial charge >= 0.3 is 0 Å². The van der Waals surface area contributed by atoms with E-state index in [1.165, 1.54) is 0 Å². The highest BCUT2D eigenvalue weighted by molar-refractivity contribution is 5.95. The number of pyridine rings is 1. The molecule has 0 aliphatic heterocycles. The summed E-state index contributed by atoms with van der Waals surface area (Å²) in [5, 5.41) is 3.15. The molecule has 0 saturated carbocycles. The number of nitrogens with zero attached hydrogens (tertiary/aromatic N) is 1. The van der Waals surface area contributed by atoms with E-state index >= 15 is 0 Å². The van der Waals surface area contributed by atoms with E-state index in [2.05, 4.69) is 17.2 Å². The second-order valence-corrected chi connectivity index (χ2v) is 6.97. The Bertz CT molecular complexity index is 930. The first kappa shape index (κ1) is 21.4. The molecule has 5 nitrogen and oxygen atoms in total. The largest absolute Gasteiger partial charge is 0.490 e. The highest BCUT2D eigenvalue weighted by Crippen LogP contribution is 2.30. The molecular weight excluding hydrogens is 376 g/mol. The minimum Gasteiger partial charge on any atom is -0.490 e. The fraction of sp³-hybridized carbons (Fsp3) is 0.280. The molecule has 0 saturated heterocycles. The van der Waals surface area contributed by atoms with Crippen molar-refractivity contribution in [2.24, 2.45) is 0 Å². The van der Waals surface area contributed by atoms with Crippen LogP contribution in [0.15, 0.2) is 73.1 Å². The Morgan fingerprint density at radius 2 is 1.83 bits per heavy atom. The van der Waals surface area contributed by atoms with Gasteiger partial charge in [0.05, 0.1) is 12.6 Å². The third kappa shape index (κ3) is 5.83. The summed E-state index contributed by atoms with van der Waals surface area (Å²) < 4.78 is 11.6. The molecule has 30 heavy (non-hydrogen) atoms. The van der Waals surface area contributed by atoms with E-state index in [0.29, 0.717) is 30.3 Å². The topological polar surface area (TPSA) is 60.5 Å². The number of rotatable bonds is 10. The van der Waals surface area contributed by atoms with E-state index in [0.717, 1.165) is 24.0 Å². The molecule has 0 aliphatic rings. The number of benzene rings is 2. The molecular formula is C25H28N2O3. The summed E-state index contributed by atoms with van der Waals surface area (Å²) in [6.45, 7) is 4.89. The van der Waals surface area contributed by atoms with Crippen LogP contribution >= 0.6 is 0 Å². The standard InChI is InChI=1S/C25H28N2O3/c1-3-9-22(20-11-6-5-7-12-20)27-25(28)21-13-14-23(24(16-21)29-4-2)30-18-19-10-8-15-26-17-19/h5-8,10-17,22H,3-4,9,18H2,1-2H3,(H,27,28). The molecule has 1 amide bonds. The van der Waals surface area contributed by atoms with Gasteiger partial charge in [0.2, 0.25) is 0 Å². The number of carbonyl (C=O) groups is 1. The zero-order chi connectivity index (χ0) is 21.2. The lowest BCUT2D eigenvalue weighted by molar-refractivity contribution is 0.0934. The van der Waals surface area contributed by atoms with Crippen molar-refractivity contribution in [1.82, 2.24) is 10.3 Å². The molecule has 1 unspecified atom stereocenters. The van der Waals surface area contributed by atoms with E-state index in [1.54, 1.807) is 30.6 Å². The summed E-state index contributed by atoms with van der Waals surface area (Å²) in [6.07, 6.45) is 5.34. The average Bonchev–Trinajstić information content (AvgIpc) is 2.79. The molecule has 3 aromatic rings. The van der Waals surface area contributed by atoms with Crippen LogP contribution < -0.4 is 14.8 Å². The van der Waals surface area contributed by atoms with Crippen molar-refractivity contribution in [2.45, 2.75) is 39.3 Å². The molecule has 1 heterocycles. The fourth-order valence-corrected chi connectivity index (χ4v) is 3.22. The van der Waals surface area contributed by atoms with E-state index < -0.39 is 0 Å². The SMILES string of the molecule is CCCC(NC(=O)c1ccc(OCc2cccnc2)c(OCC)c1)c1ccccc1. The predicted octanol–water partition coefficient (Wildman–Crippen LogP) is 5.33. The molecule has 0 bridgehead atoms. The summed E-state index contributed by atoms with van der Waals surface area (Å²) in [7, 11) is 0. The third-order valence-electron chi connectivity index (χ3n) is 4.71. The molecule has 0 spiro atoms. The molecule has 3 rings (SSSR count). The van der Waals surface area contributed by atoms with E-state index in [9.17, 15) is 4.79 Å². The monoisotopic (exact) mass is 404 g/mol. The zero-order valence-electron chi connectivity index (χ0n) is 17.5. The van der Waals surface area contributed by atoms with Gasteiger partial charge < -0.3 is 14.8 Å². The van der Waals surface area contributed by atoms with Gasteiger partial charge in [-0.25, -0.2) is 0 Å². The van der Waals surface area contributed by atoms with Crippen LogP contribution in [0.5, 0.6) is 11.5 Å². The van der Waals surface area contributed by atoms with Crippen molar-refractivity contribution in [1.29, 1.82) is 0 Å². The lowest BCUT2D eigenvalue weighted by Gasteiger charge is -2.19. The molecule has 156 valence electrons. The molecule has 0 fully saturated rings. The summed E-state index contributed by atoms with van der Waals surface area (Å²) in [5.41, 5.74) is 2.62. The normalized spacial score (nSPS) is 11.5. The minimum atomic E-state index is -0.128. The highest BCUT2D eigenvalue weighted by Gasteiger charge is 2.17. The molecule has 1 atom stereocenters. The number of hydrogen-bond donors (Lipinski definition) is 1. The highest BCUT2D eigenvalue weighted by atomic mass is 16.5. The number of carbonyl (C=O) groups excluding carboxylic acids is 1. The average molecular weight is 405 g/mol. The van der Waals surface area contributed by atoms with Crippen LogP contribution in [0, 0.1) is 0 Å². The number of aromatic nitrogens is 1. The van der Waals surface area contributed by atoms with Gasteiger partial charge in [0.1, 0.15) is 6.61 Å². The van der Waals surface area contributed by atoms with Crippen molar-refractivity contribution in [3.63, 3.8) is 0 Å². The molecule has 0 radical (unpaired) electrons. The van der Waals surface area contributed by atoms with Crippen LogP contribution in [-0.2, 0) is 6.61 Å². The van der Waals surface area contributed by atoms with Crippen LogP contribution in [0.2, 0.25) is 0 Å². The van der Waals surface area contributed by atoms with E-state index in [-0.39, 0.29) is 11.9 Å². The van der Waals surface area contributed by atoms with Gasteiger partial charge in [-0.15, -0.1) is 0 Å². The molecule has 1 N–H and O–H groups in total. The van der Waals surface area contributed by atoms with Crippen LogP contribution in [0.25, 0.3) is 0 Å². The van der Waals surface area contributed by atoms with Crippen molar-refractivity contribution in [3.05, 3.63) is 89.7 Å². The maximum absolute atomic E-state index is 12.9. The Morgan fingerprint density at radius 1 is 1.00 bits per heavy atom. The number of ether oxygens (including phenoxy) is 2. The first-order valence-corrected chi connectivity index (χ1v) is 10.4. The van der Waals surface area contributed by atoms with Gasteiger partial charge in [0.25, 0.3) is 5.91 Å². The van der Waals surface area contributed by atoms with Gasteiger partial charge in [0, 0.05) is 23.5 Å². The Balaban J connectivity index is 1.74. The van der Waals surface area contributed by atoms with Crippen LogP contribution in [0.4, 0.5) is 0 Å². The van der Waals surface area contributed by atoms with Crippen molar-refractivity contribution in [3.8, 4) is 11.5 Å². The minimum absolute atomic E-state index is 0.0271. The lowest BCUT2D eigenvalue weighted by atomic mass is 10.0. The third-order valence-corrected chi connectivity index (χ3v) is 4.71. The van der Waals surface area contributed by atoms with Gasteiger partial charge in [-0.1, -0.05) is 49.7 Å². The van der Waals surface area contributed by atoms with Crippen LogP contribution in [0.1, 0.15) is 54.2 Å². The number of hydrogen-bond acceptors (Lipinski definition) is 4. The number of nitrogens with one attached hydrogen (secondary N) is 1. The first-order valence-electron chi connectivity index (χ1n) is 10.4. The van der Waals surface area contributed by atoms with Gasteiger partial charge in [0.15, 0.2) is 11.5 Å². The maximum Gasteiger partial charge on any atom is 0.251 e. The molecule has 0 aliphatic carbocycles. The van der Waals surface area contributed by atoms with Crippen molar-refractivity contribution >= 4 is 5.91 Å². The molecule has 5 heteroatoms. The Labute approximate surface area is 178 Å². The Kier molecular flexibility index (Phi) is 7.84. The Morgan fingerprint density at radius 3 is 2.53 bits per heavy atom. The summed E-state index contributed by atoms with van der Waals surface area (Å²) in [4.78, 5) is 17.0. The summed E-state index contributed by atoms with van der Waals surface area (Å²) in [6, 6.07) is 19.1. The fourth-order valence-electron chi connectivity index (χ4n) is 3.22. The van der Waals surface area contributed by atoms with Crippen LogP contribution in [0.3, 0.4) is 0 Å².